The zero-order valence-electron chi connectivity index (χ0n) is 13.5. The van der Waals surface area contributed by atoms with Gasteiger partial charge in [0.05, 0.1) is 12.0 Å². The number of amides is 2. The normalized spacial score (nSPS) is 18.4. The van der Waals surface area contributed by atoms with Gasteiger partial charge >= 0.3 is 0 Å². The maximum atomic E-state index is 12.7. The van der Waals surface area contributed by atoms with Crippen LogP contribution >= 0.6 is 0 Å². The van der Waals surface area contributed by atoms with E-state index in [4.69, 9.17) is 0 Å². The number of nitrogens with one attached hydrogen (secondary N) is 2. The maximum absolute atomic E-state index is 12.7. The maximum Gasteiger partial charge on any atom is 0.240 e. The molecule has 0 aliphatic carbocycles. The fraction of sp³-hybridized carbons (Fsp3) is 0.867. The Labute approximate surface area is 122 Å². The second kappa shape index (κ2) is 6.57. The number of piperidine rings is 1. The van der Waals surface area contributed by atoms with E-state index in [1.165, 1.54) is 0 Å². The van der Waals surface area contributed by atoms with Crippen LogP contribution < -0.4 is 10.6 Å². The molecule has 0 aromatic carbocycles. The first-order valence-electron chi connectivity index (χ1n) is 7.47. The topological polar surface area (TPSA) is 61.4 Å². The first-order valence-corrected chi connectivity index (χ1v) is 7.47. The minimum absolute atomic E-state index is 0.102. The van der Waals surface area contributed by atoms with E-state index in [0.717, 1.165) is 32.4 Å². The van der Waals surface area contributed by atoms with Crippen molar-refractivity contribution in [3.05, 3.63) is 0 Å². The van der Waals surface area contributed by atoms with Gasteiger partial charge in [-0.1, -0.05) is 6.92 Å². The summed E-state index contributed by atoms with van der Waals surface area (Å²) < 4.78 is 0. The lowest BCUT2D eigenvalue weighted by atomic mass is 9.75. The van der Waals surface area contributed by atoms with Crippen LogP contribution in [0.25, 0.3) is 0 Å². The zero-order valence-corrected chi connectivity index (χ0v) is 13.5. The van der Waals surface area contributed by atoms with Gasteiger partial charge in [-0.25, -0.2) is 0 Å². The molecule has 0 saturated carbocycles. The highest BCUT2D eigenvalue weighted by Crippen LogP contribution is 2.34. The van der Waals surface area contributed by atoms with Crippen LogP contribution in [0.3, 0.4) is 0 Å². The number of likely N-dealkylation sites (N-methyl/N-ethyl adjacent to an activating group) is 1. The van der Waals surface area contributed by atoms with Crippen molar-refractivity contribution in [3.8, 4) is 0 Å². The summed E-state index contributed by atoms with van der Waals surface area (Å²) in [6.07, 6.45) is 2.54. The van der Waals surface area contributed by atoms with E-state index < -0.39 is 0 Å². The van der Waals surface area contributed by atoms with Gasteiger partial charge < -0.3 is 15.5 Å². The minimum Gasteiger partial charge on any atom is -0.350 e. The van der Waals surface area contributed by atoms with E-state index in [2.05, 4.69) is 17.6 Å². The van der Waals surface area contributed by atoms with Crippen LogP contribution in [0, 0.1) is 5.41 Å². The highest BCUT2D eigenvalue weighted by Gasteiger charge is 2.39. The molecular weight excluding hydrogens is 254 g/mol. The van der Waals surface area contributed by atoms with E-state index in [1.807, 2.05) is 20.8 Å². The van der Waals surface area contributed by atoms with Crippen molar-refractivity contribution >= 4 is 11.8 Å². The van der Waals surface area contributed by atoms with Crippen molar-refractivity contribution in [2.45, 2.75) is 52.5 Å². The summed E-state index contributed by atoms with van der Waals surface area (Å²) in [5, 5.41) is 6.18. The van der Waals surface area contributed by atoms with E-state index in [9.17, 15) is 9.59 Å². The molecule has 0 radical (unpaired) electrons. The Balaban J connectivity index is 2.63. The number of carbonyl (C=O) groups excluding carboxylic acids is 2. The van der Waals surface area contributed by atoms with Gasteiger partial charge in [-0.2, -0.15) is 0 Å². The third kappa shape index (κ3) is 4.47. The first-order chi connectivity index (χ1) is 9.20. The molecule has 0 atom stereocenters. The number of hydrogen-bond donors (Lipinski definition) is 2. The van der Waals surface area contributed by atoms with Crippen LogP contribution in [0.15, 0.2) is 0 Å². The first kappa shape index (κ1) is 17.0. The Morgan fingerprint density at radius 2 is 1.80 bits per heavy atom. The van der Waals surface area contributed by atoms with Crippen LogP contribution in [0.1, 0.15) is 47.0 Å². The van der Waals surface area contributed by atoms with Gasteiger partial charge in [0.15, 0.2) is 0 Å². The second-order valence-corrected chi connectivity index (χ2v) is 6.84. The molecule has 116 valence electrons. The van der Waals surface area contributed by atoms with Crippen LogP contribution in [0.4, 0.5) is 0 Å². The summed E-state index contributed by atoms with van der Waals surface area (Å²) in [5.74, 6) is -0.000836. The molecule has 20 heavy (non-hydrogen) atoms. The molecule has 5 heteroatoms. The molecule has 0 aromatic heterocycles. The molecule has 0 unspecified atom stereocenters. The molecule has 1 aliphatic heterocycles. The predicted octanol–water partition coefficient (Wildman–Crippen LogP) is 1.14. The summed E-state index contributed by atoms with van der Waals surface area (Å²) in [4.78, 5) is 26.2. The number of hydrogen-bond acceptors (Lipinski definition) is 3. The fourth-order valence-corrected chi connectivity index (χ4v) is 2.77. The molecule has 0 bridgehead atoms. The molecule has 5 nitrogen and oxygen atoms in total. The van der Waals surface area contributed by atoms with Crippen molar-refractivity contribution in [3.63, 3.8) is 0 Å². The third-order valence-electron chi connectivity index (χ3n) is 3.93. The Morgan fingerprint density at radius 1 is 1.25 bits per heavy atom. The Morgan fingerprint density at radius 3 is 2.25 bits per heavy atom. The molecule has 1 rings (SSSR count). The minimum atomic E-state index is -0.290. The van der Waals surface area contributed by atoms with Gasteiger partial charge in [-0.05, 0) is 53.1 Å². The van der Waals surface area contributed by atoms with E-state index in [-0.39, 0.29) is 29.3 Å². The monoisotopic (exact) mass is 283 g/mol. The van der Waals surface area contributed by atoms with Gasteiger partial charge in [0.1, 0.15) is 0 Å². The van der Waals surface area contributed by atoms with Gasteiger partial charge in [-0.3, -0.25) is 9.59 Å². The second-order valence-electron chi connectivity index (χ2n) is 6.84. The molecule has 0 spiro atoms. The lowest BCUT2D eigenvalue weighted by molar-refractivity contribution is -0.145. The summed E-state index contributed by atoms with van der Waals surface area (Å²) in [5.41, 5.74) is -0.555. The van der Waals surface area contributed by atoms with Crippen LogP contribution in [-0.4, -0.2) is 48.9 Å². The average Bonchev–Trinajstić information content (AvgIpc) is 2.36. The highest BCUT2D eigenvalue weighted by atomic mass is 16.2. The molecule has 2 amide bonds. The fourth-order valence-electron chi connectivity index (χ4n) is 2.77. The molecule has 1 saturated heterocycles. The number of carbonyl (C=O) groups is 2. The lowest BCUT2D eigenvalue weighted by Crippen LogP contribution is -2.51. The predicted molar refractivity (Wildman–Crippen MR) is 80.4 cm³/mol. The number of rotatable bonds is 4. The lowest BCUT2D eigenvalue weighted by Gasteiger charge is -2.38. The summed E-state index contributed by atoms with van der Waals surface area (Å²) >= 11 is 0. The Bertz CT molecular complexity index is 355. The van der Waals surface area contributed by atoms with E-state index >= 15 is 0 Å². The molecular formula is C15H29N3O2. The highest BCUT2D eigenvalue weighted by molar-refractivity contribution is 5.88. The van der Waals surface area contributed by atoms with Gasteiger partial charge in [0.25, 0.3) is 0 Å². The Kier molecular flexibility index (Phi) is 5.57. The molecule has 2 N–H and O–H groups in total. The van der Waals surface area contributed by atoms with Crippen molar-refractivity contribution < 1.29 is 9.59 Å². The van der Waals surface area contributed by atoms with E-state index in [1.54, 1.807) is 11.9 Å². The quantitative estimate of drug-likeness (QED) is 0.813. The van der Waals surface area contributed by atoms with Crippen LogP contribution in [0.5, 0.6) is 0 Å². The van der Waals surface area contributed by atoms with Crippen molar-refractivity contribution in [2.24, 2.45) is 5.41 Å². The van der Waals surface area contributed by atoms with Crippen molar-refractivity contribution in [1.29, 1.82) is 0 Å². The van der Waals surface area contributed by atoms with Crippen molar-refractivity contribution in [1.82, 2.24) is 15.5 Å². The van der Waals surface area contributed by atoms with Crippen LogP contribution in [-0.2, 0) is 9.59 Å². The molecule has 0 aromatic rings. The van der Waals surface area contributed by atoms with Gasteiger partial charge in [0.2, 0.25) is 11.8 Å². The third-order valence-corrected chi connectivity index (χ3v) is 3.93. The largest absolute Gasteiger partial charge is 0.350 e. The molecule has 1 aliphatic rings. The van der Waals surface area contributed by atoms with Gasteiger partial charge in [0, 0.05) is 12.6 Å². The standard InChI is InChI=1S/C15H29N3O2/c1-6-15(7-9-16-10-8-15)13(20)18(5)11-12(19)17-14(2,3)4/h16H,6-11H2,1-5H3,(H,17,19). The zero-order chi connectivity index (χ0) is 15.4. The summed E-state index contributed by atoms with van der Waals surface area (Å²) in [7, 11) is 1.73. The smallest absolute Gasteiger partial charge is 0.240 e. The van der Waals surface area contributed by atoms with Gasteiger partial charge in [-0.15, -0.1) is 0 Å². The number of nitrogens with zero attached hydrogens (tertiary/aromatic N) is 1. The SMILES string of the molecule is CCC1(C(=O)N(C)CC(=O)NC(C)(C)C)CCNCC1. The molecule has 1 heterocycles. The molecule has 1 fully saturated rings. The Hall–Kier alpha value is -1.10. The summed E-state index contributed by atoms with van der Waals surface area (Å²) in [6.45, 7) is 9.76. The average molecular weight is 283 g/mol. The summed E-state index contributed by atoms with van der Waals surface area (Å²) in [6, 6.07) is 0. The van der Waals surface area contributed by atoms with Crippen LogP contribution in [0.2, 0.25) is 0 Å². The van der Waals surface area contributed by atoms with E-state index in [0.29, 0.717) is 0 Å². The van der Waals surface area contributed by atoms with Crippen molar-refractivity contribution in [2.75, 3.05) is 26.7 Å².